The number of allylic oxidation sites excluding steroid dienone is 1. The predicted octanol–water partition coefficient (Wildman–Crippen LogP) is 2.40. The first-order valence-electron chi connectivity index (χ1n) is 13.9. The highest BCUT2D eigenvalue weighted by Gasteiger charge is 2.29. The maximum atomic E-state index is 12.4. The number of sulfonamides is 1. The molecule has 0 spiro atoms. The number of primary amides is 1. The van der Waals surface area contributed by atoms with Crippen molar-refractivity contribution in [2.45, 2.75) is 44.6 Å². The molecule has 10 nitrogen and oxygen atoms in total. The van der Waals surface area contributed by atoms with Gasteiger partial charge >= 0.3 is 0 Å². The molecule has 5 N–H and O–H groups in total. The van der Waals surface area contributed by atoms with Gasteiger partial charge < -0.3 is 31.2 Å². The van der Waals surface area contributed by atoms with Gasteiger partial charge in [0.25, 0.3) is 5.91 Å². The van der Waals surface area contributed by atoms with Crippen LogP contribution in [0.1, 0.15) is 60.0 Å². The van der Waals surface area contributed by atoms with Crippen molar-refractivity contribution in [3.63, 3.8) is 0 Å². The molecule has 2 aromatic rings. The number of nitrogens with two attached hydrogens (primary N) is 1. The third-order valence-corrected chi connectivity index (χ3v) is 10.2. The highest BCUT2D eigenvalue weighted by atomic mass is 32.2. The van der Waals surface area contributed by atoms with Crippen molar-refractivity contribution < 1.29 is 13.2 Å². The molecule has 4 rings (SSSR count). The molecule has 11 heteroatoms. The number of carbonyl (C=O) groups is 1. The molecule has 0 radical (unpaired) electrons. The largest absolute Gasteiger partial charge is 0.389 e. The van der Waals surface area contributed by atoms with E-state index >= 15 is 0 Å². The second-order valence-electron chi connectivity index (χ2n) is 10.9. The van der Waals surface area contributed by atoms with E-state index in [1.165, 1.54) is 19.1 Å². The van der Waals surface area contributed by atoms with E-state index in [1.807, 2.05) is 18.5 Å². The van der Waals surface area contributed by atoms with Crippen LogP contribution in [0.2, 0.25) is 0 Å². The SMILES string of the molecule is CCS(=O)(=O)N1CCC(c2c[nH]c3c(C(N)=O)cc(/C(C=N)=C/NCCN4CCC(N(C)C)CC4)cc23)CC1. The van der Waals surface area contributed by atoms with Gasteiger partial charge in [-0.3, -0.25) is 4.79 Å². The van der Waals surface area contributed by atoms with Crippen LogP contribution in [0.15, 0.2) is 24.5 Å². The fourth-order valence-electron chi connectivity index (χ4n) is 5.85. The van der Waals surface area contributed by atoms with Crippen molar-refractivity contribution in [2.75, 3.05) is 59.1 Å². The summed E-state index contributed by atoms with van der Waals surface area (Å²) in [7, 11) is 1.09. The number of piperidine rings is 2. The Hall–Kier alpha value is -2.73. The number of rotatable bonds is 11. The Morgan fingerprint density at radius 1 is 1.18 bits per heavy atom. The number of nitrogens with one attached hydrogen (secondary N) is 3. The molecule has 1 aromatic heterocycles. The second-order valence-corrected chi connectivity index (χ2v) is 13.1. The minimum atomic E-state index is -3.20. The fourth-order valence-corrected chi connectivity index (χ4v) is 6.98. The highest BCUT2D eigenvalue weighted by Crippen LogP contribution is 2.36. The van der Waals surface area contributed by atoms with Crippen molar-refractivity contribution in [1.29, 1.82) is 5.41 Å². The summed E-state index contributed by atoms with van der Waals surface area (Å²) in [6.45, 7) is 6.51. The summed E-state index contributed by atoms with van der Waals surface area (Å²) in [5, 5.41) is 12.3. The smallest absolute Gasteiger partial charge is 0.250 e. The zero-order valence-electron chi connectivity index (χ0n) is 23.4. The molecular weight excluding hydrogens is 514 g/mol. The van der Waals surface area contributed by atoms with E-state index in [0.29, 0.717) is 48.6 Å². The Labute approximate surface area is 232 Å². The van der Waals surface area contributed by atoms with Gasteiger partial charge in [-0.15, -0.1) is 0 Å². The lowest BCUT2D eigenvalue weighted by molar-refractivity contribution is 0.100. The second kappa shape index (κ2) is 12.6. The van der Waals surface area contributed by atoms with E-state index in [2.05, 4.69) is 34.2 Å². The summed E-state index contributed by atoms with van der Waals surface area (Å²) in [6, 6.07) is 4.41. The minimum Gasteiger partial charge on any atom is -0.389 e. The lowest BCUT2D eigenvalue weighted by Crippen LogP contribution is -2.43. The van der Waals surface area contributed by atoms with Gasteiger partial charge in [-0.2, -0.15) is 0 Å². The molecule has 1 aromatic carbocycles. The minimum absolute atomic E-state index is 0.109. The summed E-state index contributed by atoms with van der Waals surface area (Å²) >= 11 is 0. The van der Waals surface area contributed by atoms with E-state index in [1.54, 1.807) is 17.3 Å². The maximum Gasteiger partial charge on any atom is 0.250 e. The topological polar surface area (TPSA) is 139 Å². The molecular formula is C28H43N7O3S. The average molecular weight is 558 g/mol. The maximum absolute atomic E-state index is 12.4. The molecule has 1 amide bonds. The Morgan fingerprint density at radius 3 is 2.46 bits per heavy atom. The number of aromatic amines is 1. The van der Waals surface area contributed by atoms with Crippen LogP contribution in [0.25, 0.3) is 16.5 Å². The van der Waals surface area contributed by atoms with Gasteiger partial charge in [0.2, 0.25) is 10.0 Å². The van der Waals surface area contributed by atoms with Crippen LogP contribution in [0.5, 0.6) is 0 Å². The third-order valence-electron chi connectivity index (χ3n) is 8.34. The molecule has 0 aliphatic carbocycles. The number of hydrogen-bond acceptors (Lipinski definition) is 7. The van der Waals surface area contributed by atoms with Crippen LogP contribution >= 0.6 is 0 Å². The number of hydrogen-bond donors (Lipinski definition) is 4. The summed E-state index contributed by atoms with van der Waals surface area (Å²) < 4.78 is 26.2. The molecule has 3 heterocycles. The highest BCUT2D eigenvalue weighted by molar-refractivity contribution is 7.89. The number of aromatic nitrogens is 1. The quantitative estimate of drug-likeness (QED) is 0.247. The lowest BCUT2D eigenvalue weighted by Gasteiger charge is -2.35. The molecule has 2 fully saturated rings. The predicted molar refractivity (Wildman–Crippen MR) is 158 cm³/mol. The number of H-pyrrole nitrogens is 1. The van der Waals surface area contributed by atoms with E-state index in [4.69, 9.17) is 11.1 Å². The summed E-state index contributed by atoms with van der Waals surface area (Å²) in [5.74, 6) is -0.254. The van der Waals surface area contributed by atoms with E-state index in [-0.39, 0.29) is 11.7 Å². The number of amides is 1. The first-order chi connectivity index (χ1) is 18.6. The third kappa shape index (κ3) is 6.71. The number of nitrogens with zero attached hydrogens (tertiary/aromatic N) is 3. The fraction of sp³-hybridized carbons (Fsp3) is 0.571. The van der Waals surface area contributed by atoms with Gasteiger partial charge in [-0.25, -0.2) is 12.7 Å². The monoisotopic (exact) mass is 557 g/mol. The molecule has 2 saturated heterocycles. The molecule has 2 aliphatic rings. The van der Waals surface area contributed by atoms with Crippen LogP contribution in [0, 0.1) is 5.41 Å². The standard InChI is InChI=1S/C28H43N7O3S/c1-4-39(37,38)35-12-5-20(6-13-35)26-19-32-27-24(26)15-21(16-25(27)28(30)36)22(17-29)18-31-9-14-34-10-7-23(8-11-34)33(2)3/h15-20,23,29,31-32H,4-14H2,1-3H3,(H2,30,36)/b22-18+,29-17?. The van der Waals surface area contributed by atoms with E-state index < -0.39 is 15.9 Å². The van der Waals surface area contributed by atoms with Crippen molar-refractivity contribution in [1.82, 2.24) is 24.4 Å². The Kier molecular flexibility index (Phi) is 9.47. The molecule has 0 saturated carbocycles. The van der Waals surface area contributed by atoms with Gasteiger partial charge in [0.1, 0.15) is 0 Å². The van der Waals surface area contributed by atoms with Gasteiger partial charge in [0, 0.05) is 61.8 Å². The summed E-state index contributed by atoms with van der Waals surface area (Å²) in [6.07, 6.45) is 8.83. The molecule has 214 valence electrons. The van der Waals surface area contributed by atoms with Crippen LogP contribution in [-0.4, -0.2) is 105 Å². The van der Waals surface area contributed by atoms with Gasteiger partial charge in [0.05, 0.1) is 16.8 Å². The van der Waals surface area contributed by atoms with Gasteiger partial charge in [-0.1, -0.05) is 0 Å². The van der Waals surface area contributed by atoms with Crippen molar-refractivity contribution in [3.05, 3.63) is 41.2 Å². The van der Waals surface area contributed by atoms with Gasteiger partial charge in [0.15, 0.2) is 0 Å². The van der Waals surface area contributed by atoms with E-state index in [9.17, 15) is 13.2 Å². The summed E-state index contributed by atoms with van der Waals surface area (Å²) in [4.78, 5) is 20.4. The number of fused-ring (bicyclic) bond motifs is 1. The molecule has 39 heavy (non-hydrogen) atoms. The zero-order valence-corrected chi connectivity index (χ0v) is 24.2. The number of likely N-dealkylation sites (tertiary alicyclic amines) is 1. The Morgan fingerprint density at radius 2 is 1.87 bits per heavy atom. The van der Waals surface area contributed by atoms with Crippen LogP contribution in [0.3, 0.4) is 0 Å². The van der Waals surface area contributed by atoms with Crippen molar-refractivity contribution in [3.8, 4) is 0 Å². The molecule has 0 atom stereocenters. The molecule has 2 aliphatic heterocycles. The Balaban J connectivity index is 1.49. The number of carbonyl (C=O) groups excluding carboxylic acids is 1. The van der Waals surface area contributed by atoms with Crippen LogP contribution in [0.4, 0.5) is 0 Å². The number of benzene rings is 1. The molecule has 0 unspecified atom stereocenters. The Bertz CT molecular complexity index is 1300. The van der Waals surface area contributed by atoms with Crippen molar-refractivity contribution >= 4 is 38.6 Å². The lowest BCUT2D eigenvalue weighted by atomic mass is 9.88. The average Bonchev–Trinajstić information content (AvgIpc) is 3.36. The zero-order chi connectivity index (χ0) is 28.2. The van der Waals surface area contributed by atoms with E-state index in [0.717, 1.165) is 42.7 Å². The molecule has 0 bridgehead atoms. The van der Waals surface area contributed by atoms with Crippen LogP contribution < -0.4 is 11.1 Å². The van der Waals surface area contributed by atoms with Gasteiger partial charge in [-0.05, 0) is 89.0 Å². The first kappa shape index (κ1) is 29.3. The first-order valence-corrected chi connectivity index (χ1v) is 15.5. The summed E-state index contributed by atoms with van der Waals surface area (Å²) in [5.41, 5.74) is 9.30. The normalized spacial score (nSPS) is 19.1. The van der Waals surface area contributed by atoms with Crippen molar-refractivity contribution in [2.24, 2.45) is 5.73 Å². The van der Waals surface area contributed by atoms with Crippen LogP contribution in [-0.2, 0) is 10.0 Å².